The number of fused-ring (bicyclic) bond motifs is 1. The first-order chi connectivity index (χ1) is 18.9. The van der Waals surface area contributed by atoms with E-state index in [9.17, 15) is 14.4 Å². The lowest BCUT2D eigenvalue weighted by Crippen LogP contribution is -2.39. The van der Waals surface area contributed by atoms with Crippen LogP contribution in [0.4, 0.5) is 5.69 Å². The second kappa shape index (κ2) is 11.0. The number of benzene rings is 2. The number of para-hydroxylation sites is 1. The molecule has 1 unspecified atom stereocenters. The number of allylic oxidation sites excluding steroid dienone is 2. The molecule has 3 heterocycles. The summed E-state index contributed by atoms with van der Waals surface area (Å²) in [6.07, 6.45) is 3.24. The van der Waals surface area contributed by atoms with Gasteiger partial charge in [-0.15, -0.1) is 0 Å². The van der Waals surface area contributed by atoms with Crippen LogP contribution in [-0.2, 0) is 9.59 Å². The average Bonchev–Trinajstić information content (AvgIpc) is 3.56. The number of amides is 1. The molecule has 198 valence electrons. The largest absolute Gasteiger partial charge is 0.493 e. The number of anilines is 1. The fourth-order valence-electron chi connectivity index (χ4n) is 4.39. The zero-order chi connectivity index (χ0) is 27.5. The fourth-order valence-corrected chi connectivity index (χ4v) is 5.44. The van der Waals surface area contributed by atoms with Gasteiger partial charge in [0.25, 0.3) is 11.5 Å². The Kier molecular flexibility index (Phi) is 7.29. The van der Waals surface area contributed by atoms with Crippen LogP contribution >= 0.6 is 11.3 Å². The molecule has 9 nitrogen and oxygen atoms in total. The maximum Gasteiger partial charge on any atom is 0.271 e. The zero-order valence-electron chi connectivity index (χ0n) is 21.5. The van der Waals surface area contributed by atoms with Gasteiger partial charge in [0.15, 0.2) is 28.7 Å². The molecule has 1 amide bonds. The molecule has 39 heavy (non-hydrogen) atoms. The first-order valence-electron chi connectivity index (χ1n) is 12.1. The third kappa shape index (κ3) is 5.32. The molecular formula is C29H25N3O6S. The Bertz CT molecular complexity index is 1750. The van der Waals surface area contributed by atoms with Crippen LogP contribution in [0.5, 0.6) is 11.5 Å². The van der Waals surface area contributed by atoms with E-state index in [0.717, 1.165) is 0 Å². The lowest BCUT2D eigenvalue weighted by atomic mass is 9.98. The van der Waals surface area contributed by atoms with Crippen molar-refractivity contribution in [3.8, 4) is 11.5 Å². The van der Waals surface area contributed by atoms with Crippen molar-refractivity contribution < 1.29 is 23.5 Å². The number of hydrogen-bond acceptors (Lipinski definition) is 8. The predicted molar refractivity (Wildman–Crippen MR) is 147 cm³/mol. The minimum Gasteiger partial charge on any atom is -0.493 e. The second-order valence-corrected chi connectivity index (χ2v) is 9.78. The molecule has 2 aromatic heterocycles. The molecule has 0 radical (unpaired) electrons. The number of furan rings is 1. The highest BCUT2D eigenvalue weighted by molar-refractivity contribution is 7.07. The molecule has 2 aromatic carbocycles. The monoisotopic (exact) mass is 543 g/mol. The third-order valence-corrected chi connectivity index (χ3v) is 7.10. The van der Waals surface area contributed by atoms with Crippen LogP contribution in [0.2, 0.25) is 0 Å². The highest BCUT2D eigenvalue weighted by Crippen LogP contribution is 2.31. The Balaban J connectivity index is 1.44. The van der Waals surface area contributed by atoms with Crippen LogP contribution in [0, 0.1) is 0 Å². The molecule has 0 bridgehead atoms. The van der Waals surface area contributed by atoms with Crippen LogP contribution < -0.4 is 29.7 Å². The van der Waals surface area contributed by atoms with Crippen molar-refractivity contribution in [2.24, 2.45) is 4.99 Å². The van der Waals surface area contributed by atoms with Crippen molar-refractivity contribution in [2.75, 3.05) is 19.0 Å². The van der Waals surface area contributed by atoms with Gasteiger partial charge in [0.2, 0.25) is 0 Å². The number of rotatable bonds is 8. The lowest BCUT2D eigenvalue weighted by molar-refractivity contribution is -0.118. The van der Waals surface area contributed by atoms with E-state index < -0.39 is 6.04 Å². The maximum absolute atomic E-state index is 13.6. The number of hydrogen-bond donors (Lipinski definition) is 1. The van der Waals surface area contributed by atoms with Gasteiger partial charge in [-0.3, -0.25) is 19.0 Å². The first-order valence-corrected chi connectivity index (χ1v) is 12.9. The van der Waals surface area contributed by atoms with Crippen molar-refractivity contribution in [2.45, 2.75) is 19.9 Å². The van der Waals surface area contributed by atoms with Gasteiger partial charge < -0.3 is 19.2 Å². The van der Waals surface area contributed by atoms with E-state index in [1.807, 2.05) is 18.2 Å². The fraction of sp³-hybridized carbons (Fsp3) is 0.172. The number of methoxy groups -OCH3 is 1. The van der Waals surface area contributed by atoms with Crippen molar-refractivity contribution in [3.05, 3.63) is 109 Å². The average molecular weight is 544 g/mol. The summed E-state index contributed by atoms with van der Waals surface area (Å²) in [7, 11) is 1.50. The minimum absolute atomic E-state index is 0.176. The molecule has 1 atom stereocenters. The van der Waals surface area contributed by atoms with E-state index in [2.05, 4.69) is 10.3 Å². The van der Waals surface area contributed by atoms with Gasteiger partial charge in [-0.1, -0.05) is 35.6 Å². The number of ketones is 1. The van der Waals surface area contributed by atoms with E-state index >= 15 is 0 Å². The van der Waals surface area contributed by atoms with Crippen LogP contribution in [-0.4, -0.2) is 30.0 Å². The molecule has 0 saturated carbocycles. The van der Waals surface area contributed by atoms with Crippen LogP contribution in [0.25, 0.3) is 6.08 Å². The highest BCUT2D eigenvalue weighted by Gasteiger charge is 2.32. The standard InChI is InChI=1S/C29H25N3O6S/c1-17-26(18(2)33)27(22-10-7-13-37-22)32-28(35)24(39-29(32)30-17)15-19-11-12-21(23(14-19)36-3)38-16-25(34)31-20-8-5-4-6-9-20/h4-15,27H,16H2,1-3H3,(H,31,34)/b24-15+. The van der Waals surface area contributed by atoms with Crippen LogP contribution in [0.15, 0.2) is 92.4 Å². The SMILES string of the molecule is COc1cc(/C=c2/sc3n(c2=O)C(c2ccco2)C(C(C)=O)=C(C)N=3)ccc1OCC(=O)Nc1ccccc1. The quantitative estimate of drug-likeness (QED) is 0.364. The van der Waals surface area contributed by atoms with Crippen molar-refractivity contribution in [1.29, 1.82) is 0 Å². The predicted octanol–water partition coefficient (Wildman–Crippen LogP) is 3.44. The van der Waals surface area contributed by atoms with Gasteiger partial charge >= 0.3 is 0 Å². The van der Waals surface area contributed by atoms with E-state index in [-0.39, 0.29) is 23.9 Å². The van der Waals surface area contributed by atoms with Gasteiger partial charge in [-0.2, -0.15) is 0 Å². The maximum atomic E-state index is 13.6. The summed E-state index contributed by atoms with van der Waals surface area (Å²) >= 11 is 1.22. The van der Waals surface area contributed by atoms with Gasteiger partial charge in [-0.25, -0.2) is 4.99 Å². The second-order valence-electron chi connectivity index (χ2n) is 8.77. The molecule has 1 aliphatic rings. The van der Waals surface area contributed by atoms with Gasteiger partial charge in [0.05, 0.1) is 17.9 Å². The molecule has 0 fully saturated rings. The van der Waals surface area contributed by atoms with Crippen molar-refractivity contribution >= 4 is 34.8 Å². The number of carbonyl (C=O) groups is 2. The summed E-state index contributed by atoms with van der Waals surface area (Å²) in [5.41, 5.74) is 2.05. The molecule has 5 rings (SSSR count). The summed E-state index contributed by atoms with van der Waals surface area (Å²) in [6, 6.07) is 17.0. The van der Waals surface area contributed by atoms with Crippen LogP contribution in [0.1, 0.15) is 31.2 Å². The Hall–Kier alpha value is -4.70. The molecule has 0 spiro atoms. The van der Waals surface area contributed by atoms with Crippen LogP contribution in [0.3, 0.4) is 0 Å². The molecule has 1 N–H and O–H groups in total. The molecule has 4 aromatic rings. The van der Waals surface area contributed by atoms with Crippen molar-refractivity contribution in [3.63, 3.8) is 0 Å². The minimum atomic E-state index is -0.691. The number of Topliss-reactive ketones (excluding diaryl/α,β-unsaturated/α-hetero) is 1. The highest BCUT2D eigenvalue weighted by atomic mass is 32.1. The smallest absolute Gasteiger partial charge is 0.271 e. The van der Waals surface area contributed by atoms with Gasteiger partial charge in [0.1, 0.15) is 11.8 Å². The Morgan fingerprint density at radius 1 is 1.13 bits per heavy atom. The number of nitrogens with zero attached hydrogens (tertiary/aromatic N) is 2. The number of carbonyl (C=O) groups excluding carboxylic acids is 2. The Morgan fingerprint density at radius 3 is 2.62 bits per heavy atom. The topological polar surface area (TPSA) is 112 Å². The molecule has 1 aliphatic heterocycles. The van der Waals surface area contributed by atoms with Gasteiger partial charge in [-0.05, 0) is 61.9 Å². The van der Waals surface area contributed by atoms with Gasteiger partial charge in [0, 0.05) is 17.0 Å². The summed E-state index contributed by atoms with van der Waals surface area (Å²) in [6.45, 7) is 3.02. The third-order valence-electron chi connectivity index (χ3n) is 6.12. The number of aromatic nitrogens is 1. The van der Waals surface area contributed by atoms with E-state index in [1.54, 1.807) is 55.5 Å². The molecule has 10 heteroatoms. The normalized spacial score (nSPS) is 14.9. The number of thiazole rings is 1. The van der Waals surface area contributed by atoms with E-state index in [4.69, 9.17) is 13.9 Å². The summed E-state index contributed by atoms with van der Waals surface area (Å²) in [5, 5.41) is 2.76. The Morgan fingerprint density at radius 2 is 1.92 bits per heavy atom. The molecule has 0 saturated heterocycles. The van der Waals surface area contributed by atoms with Crippen molar-refractivity contribution in [1.82, 2.24) is 4.57 Å². The molecular weight excluding hydrogens is 518 g/mol. The zero-order valence-corrected chi connectivity index (χ0v) is 22.3. The number of nitrogens with one attached hydrogen (secondary N) is 1. The lowest BCUT2D eigenvalue weighted by Gasteiger charge is -2.22. The summed E-state index contributed by atoms with van der Waals surface area (Å²) in [4.78, 5) is 43.3. The van der Waals surface area contributed by atoms with E-state index in [1.165, 1.54) is 36.2 Å². The van der Waals surface area contributed by atoms with E-state index in [0.29, 0.717) is 49.1 Å². The summed E-state index contributed by atoms with van der Waals surface area (Å²) in [5.74, 6) is 0.803. The first kappa shape index (κ1) is 25.9. The molecule has 0 aliphatic carbocycles. The number of ether oxygens (including phenoxy) is 2. The summed E-state index contributed by atoms with van der Waals surface area (Å²) < 4.78 is 18.7. The Labute approximate surface area is 227 Å².